The molecule has 0 fully saturated rings. The van der Waals surface area contributed by atoms with Gasteiger partial charge in [0, 0.05) is 12.4 Å². The molecule has 2 aromatic rings. The summed E-state index contributed by atoms with van der Waals surface area (Å²) in [5.74, 6) is -0.692. The number of amides is 1. The zero-order valence-corrected chi connectivity index (χ0v) is 11.0. The zero-order chi connectivity index (χ0) is 14.2. The average Bonchev–Trinajstić information content (AvgIpc) is 2.47. The molecule has 104 valence electrons. The van der Waals surface area contributed by atoms with Crippen LogP contribution in [0.25, 0.3) is 0 Å². The fourth-order valence-electron chi connectivity index (χ4n) is 1.74. The van der Waals surface area contributed by atoms with Gasteiger partial charge in [-0.1, -0.05) is 12.1 Å². The number of halogens is 1. The van der Waals surface area contributed by atoms with Crippen molar-refractivity contribution in [2.75, 3.05) is 18.4 Å². The lowest BCUT2D eigenvalue weighted by Crippen LogP contribution is -2.29. The van der Waals surface area contributed by atoms with Crippen LogP contribution < -0.4 is 10.6 Å². The van der Waals surface area contributed by atoms with E-state index in [1.54, 1.807) is 24.5 Å². The second-order valence-electron chi connectivity index (χ2n) is 4.31. The molecule has 0 spiro atoms. The van der Waals surface area contributed by atoms with Crippen LogP contribution in [0.15, 0.2) is 48.8 Å². The number of nitrogens with one attached hydrogen (secondary N) is 2. The number of rotatable bonds is 6. The Morgan fingerprint density at radius 3 is 2.65 bits per heavy atom. The Morgan fingerprint density at radius 1 is 1.15 bits per heavy atom. The van der Waals surface area contributed by atoms with E-state index in [4.69, 9.17) is 0 Å². The zero-order valence-electron chi connectivity index (χ0n) is 11.0. The summed E-state index contributed by atoms with van der Waals surface area (Å²) in [5.41, 5.74) is 1.36. The van der Waals surface area contributed by atoms with Gasteiger partial charge in [-0.25, -0.2) is 4.39 Å². The number of pyridine rings is 1. The van der Waals surface area contributed by atoms with Crippen molar-refractivity contribution in [3.63, 3.8) is 0 Å². The highest BCUT2D eigenvalue weighted by Gasteiger charge is 2.05. The van der Waals surface area contributed by atoms with Crippen LogP contribution in [-0.4, -0.2) is 24.0 Å². The average molecular weight is 273 g/mol. The summed E-state index contributed by atoms with van der Waals surface area (Å²) in [5, 5.41) is 5.54. The lowest BCUT2D eigenvalue weighted by molar-refractivity contribution is -0.115. The minimum absolute atomic E-state index is 0.152. The Balaban J connectivity index is 1.69. The highest BCUT2D eigenvalue weighted by atomic mass is 19.1. The highest BCUT2D eigenvalue weighted by molar-refractivity contribution is 5.92. The van der Waals surface area contributed by atoms with Crippen LogP contribution in [0, 0.1) is 5.82 Å². The van der Waals surface area contributed by atoms with E-state index in [0.717, 1.165) is 12.0 Å². The van der Waals surface area contributed by atoms with Crippen molar-refractivity contribution < 1.29 is 9.18 Å². The molecule has 0 saturated heterocycles. The van der Waals surface area contributed by atoms with Gasteiger partial charge in [-0.3, -0.25) is 9.78 Å². The van der Waals surface area contributed by atoms with Gasteiger partial charge >= 0.3 is 0 Å². The van der Waals surface area contributed by atoms with Crippen molar-refractivity contribution in [3.05, 3.63) is 60.2 Å². The van der Waals surface area contributed by atoms with E-state index in [1.807, 2.05) is 12.1 Å². The second kappa shape index (κ2) is 7.35. The maximum absolute atomic E-state index is 13.3. The van der Waals surface area contributed by atoms with Crippen molar-refractivity contribution in [2.24, 2.45) is 0 Å². The Bertz CT molecular complexity index is 560. The molecule has 1 aromatic carbocycles. The van der Waals surface area contributed by atoms with Crippen LogP contribution in [0.3, 0.4) is 0 Å². The Hall–Kier alpha value is -2.27. The van der Waals surface area contributed by atoms with Gasteiger partial charge < -0.3 is 10.6 Å². The number of aromatic nitrogens is 1. The van der Waals surface area contributed by atoms with Crippen LogP contribution >= 0.6 is 0 Å². The molecule has 1 heterocycles. The first-order valence-electron chi connectivity index (χ1n) is 6.40. The van der Waals surface area contributed by atoms with Crippen LogP contribution in [0.2, 0.25) is 0 Å². The van der Waals surface area contributed by atoms with E-state index in [0.29, 0.717) is 6.54 Å². The van der Waals surface area contributed by atoms with Gasteiger partial charge in [0.2, 0.25) is 5.91 Å². The Morgan fingerprint density at radius 2 is 1.90 bits per heavy atom. The van der Waals surface area contributed by atoms with E-state index in [9.17, 15) is 9.18 Å². The van der Waals surface area contributed by atoms with Crippen molar-refractivity contribution >= 4 is 11.6 Å². The van der Waals surface area contributed by atoms with Gasteiger partial charge in [-0.2, -0.15) is 0 Å². The summed E-state index contributed by atoms with van der Waals surface area (Å²) >= 11 is 0. The van der Waals surface area contributed by atoms with E-state index in [2.05, 4.69) is 15.6 Å². The molecule has 0 atom stereocenters. The predicted octanol–water partition coefficient (Wildman–Crippen LogP) is 1.99. The number of hydrogen-bond acceptors (Lipinski definition) is 3. The number of benzene rings is 1. The Labute approximate surface area is 117 Å². The fraction of sp³-hybridized carbons (Fsp3) is 0.200. The molecule has 2 N–H and O–H groups in total. The number of anilines is 1. The molecule has 1 amide bonds. The normalized spacial score (nSPS) is 10.2. The van der Waals surface area contributed by atoms with Gasteiger partial charge in [0.1, 0.15) is 5.82 Å². The summed E-state index contributed by atoms with van der Waals surface area (Å²) in [6, 6.07) is 9.96. The molecule has 0 aliphatic heterocycles. The molecule has 20 heavy (non-hydrogen) atoms. The van der Waals surface area contributed by atoms with Crippen LogP contribution in [0.5, 0.6) is 0 Å². The van der Waals surface area contributed by atoms with Gasteiger partial charge in [0.05, 0.1) is 12.2 Å². The number of carbonyl (C=O) groups is 1. The molecule has 5 heteroatoms. The molecule has 1 aromatic heterocycles. The first kappa shape index (κ1) is 14.1. The minimum atomic E-state index is -0.433. The third-order valence-corrected chi connectivity index (χ3v) is 2.77. The van der Waals surface area contributed by atoms with Crippen LogP contribution in [-0.2, 0) is 11.2 Å². The second-order valence-corrected chi connectivity index (χ2v) is 4.31. The number of para-hydroxylation sites is 1. The van der Waals surface area contributed by atoms with Gasteiger partial charge in [0.15, 0.2) is 0 Å². The topological polar surface area (TPSA) is 54.0 Å². The molecule has 0 unspecified atom stereocenters. The quantitative estimate of drug-likeness (QED) is 0.791. The summed E-state index contributed by atoms with van der Waals surface area (Å²) in [4.78, 5) is 15.6. The summed E-state index contributed by atoms with van der Waals surface area (Å²) in [6.07, 6.45) is 4.29. The standard InChI is InChI=1S/C15H16FN3O/c16-13-3-1-2-4-14(13)19-15(20)11-18-10-7-12-5-8-17-9-6-12/h1-6,8-9,18H,7,10-11H2,(H,19,20). The molecule has 0 aliphatic rings. The highest BCUT2D eigenvalue weighted by Crippen LogP contribution is 2.11. The molecule has 0 aliphatic carbocycles. The molecule has 0 bridgehead atoms. The monoisotopic (exact) mass is 273 g/mol. The number of hydrogen-bond donors (Lipinski definition) is 2. The summed E-state index contributed by atoms with van der Waals surface area (Å²) < 4.78 is 13.3. The molecule has 0 radical (unpaired) electrons. The van der Waals surface area contributed by atoms with Gasteiger partial charge in [-0.05, 0) is 42.8 Å². The molecule has 0 saturated carbocycles. The van der Waals surface area contributed by atoms with E-state index < -0.39 is 5.82 Å². The SMILES string of the molecule is O=C(CNCCc1ccncc1)Nc1ccccc1F. The lowest BCUT2D eigenvalue weighted by Gasteiger charge is -2.07. The minimum Gasteiger partial charge on any atom is -0.322 e. The molecular formula is C15H16FN3O. The van der Waals surface area contributed by atoms with Crippen LogP contribution in [0.4, 0.5) is 10.1 Å². The first-order chi connectivity index (χ1) is 9.75. The van der Waals surface area contributed by atoms with Crippen molar-refractivity contribution in [1.29, 1.82) is 0 Å². The first-order valence-corrected chi connectivity index (χ1v) is 6.40. The predicted molar refractivity (Wildman–Crippen MR) is 75.8 cm³/mol. The molecular weight excluding hydrogens is 257 g/mol. The largest absolute Gasteiger partial charge is 0.322 e. The van der Waals surface area contributed by atoms with Crippen LogP contribution in [0.1, 0.15) is 5.56 Å². The smallest absolute Gasteiger partial charge is 0.238 e. The van der Waals surface area contributed by atoms with Crippen molar-refractivity contribution in [3.8, 4) is 0 Å². The number of carbonyl (C=O) groups excluding carboxylic acids is 1. The third kappa shape index (κ3) is 4.44. The van der Waals surface area contributed by atoms with Crippen molar-refractivity contribution in [1.82, 2.24) is 10.3 Å². The number of nitrogens with zero attached hydrogens (tertiary/aromatic N) is 1. The third-order valence-electron chi connectivity index (χ3n) is 2.77. The maximum atomic E-state index is 13.3. The molecule has 2 rings (SSSR count). The fourth-order valence-corrected chi connectivity index (χ4v) is 1.74. The van der Waals surface area contributed by atoms with E-state index in [1.165, 1.54) is 12.1 Å². The lowest BCUT2D eigenvalue weighted by atomic mass is 10.2. The Kier molecular flexibility index (Phi) is 5.20. The van der Waals surface area contributed by atoms with Gasteiger partial charge in [0.25, 0.3) is 0 Å². The summed E-state index contributed by atoms with van der Waals surface area (Å²) in [7, 11) is 0. The summed E-state index contributed by atoms with van der Waals surface area (Å²) in [6.45, 7) is 0.828. The van der Waals surface area contributed by atoms with E-state index in [-0.39, 0.29) is 18.1 Å². The molecule has 4 nitrogen and oxygen atoms in total. The maximum Gasteiger partial charge on any atom is 0.238 e. The van der Waals surface area contributed by atoms with Gasteiger partial charge in [-0.15, -0.1) is 0 Å². The van der Waals surface area contributed by atoms with Crippen molar-refractivity contribution in [2.45, 2.75) is 6.42 Å². The van der Waals surface area contributed by atoms with E-state index >= 15 is 0 Å².